The van der Waals surface area contributed by atoms with Crippen molar-refractivity contribution in [2.75, 3.05) is 0 Å². The van der Waals surface area contributed by atoms with Crippen LogP contribution in [0.4, 0.5) is 0 Å². The molecule has 8 nitrogen and oxygen atoms in total. The minimum atomic E-state index is -1.54. The summed E-state index contributed by atoms with van der Waals surface area (Å²) >= 11 is 0. The van der Waals surface area contributed by atoms with Crippen molar-refractivity contribution in [3.8, 4) is 0 Å². The van der Waals surface area contributed by atoms with Crippen LogP contribution in [0.2, 0.25) is 0 Å². The molecule has 1 saturated carbocycles. The maximum atomic E-state index is 13.7. The maximum absolute atomic E-state index is 13.7. The zero-order valence-corrected chi connectivity index (χ0v) is 19.5. The van der Waals surface area contributed by atoms with Gasteiger partial charge in [0, 0.05) is 26.2 Å². The number of hydrogen-bond donors (Lipinski definition) is 3. The van der Waals surface area contributed by atoms with Gasteiger partial charge in [-0.25, -0.2) is 0 Å². The molecule has 0 unspecified atom stereocenters. The van der Waals surface area contributed by atoms with Crippen LogP contribution in [0, 0.1) is 16.7 Å². The number of esters is 2. The third kappa shape index (κ3) is 4.04. The Morgan fingerprint density at radius 2 is 1.59 bits per heavy atom. The molecule has 1 fully saturated rings. The Hall–Kier alpha value is -2.03. The summed E-state index contributed by atoms with van der Waals surface area (Å²) < 4.78 is 11.1. The zero-order valence-electron chi connectivity index (χ0n) is 19.5. The number of aliphatic hydroxyl groups is 3. The van der Waals surface area contributed by atoms with Crippen LogP contribution in [-0.2, 0) is 23.9 Å². The molecule has 0 aromatic heterocycles. The first-order valence-corrected chi connectivity index (χ1v) is 11.0. The summed E-state index contributed by atoms with van der Waals surface area (Å²) in [5, 5.41) is 32.9. The fraction of sp³-hybridized carbons (Fsp3) is 0.708. The third-order valence-corrected chi connectivity index (χ3v) is 7.64. The van der Waals surface area contributed by atoms with E-state index in [9.17, 15) is 29.7 Å². The van der Waals surface area contributed by atoms with Gasteiger partial charge < -0.3 is 24.8 Å². The third-order valence-electron chi connectivity index (χ3n) is 7.64. The van der Waals surface area contributed by atoms with E-state index in [0.717, 1.165) is 0 Å². The van der Waals surface area contributed by atoms with Gasteiger partial charge in [-0.05, 0) is 54.9 Å². The fourth-order valence-corrected chi connectivity index (χ4v) is 5.85. The average molecular weight is 451 g/mol. The van der Waals surface area contributed by atoms with E-state index in [2.05, 4.69) is 0 Å². The Kier molecular flexibility index (Phi) is 6.45. The summed E-state index contributed by atoms with van der Waals surface area (Å²) in [5.41, 5.74) is -0.714. The molecule has 3 aliphatic carbocycles. The summed E-state index contributed by atoms with van der Waals surface area (Å²) in [6, 6.07) is 0. The van der Waals surface area contributed by atoms with E-state index in [4.69, 9.17) is 9.47 Å². The van der Waals surface area contributed by atoms with Crippen LogP contribution in [0.3, 0.4) is 0 Å². The van der Waals surface area contributed by atoms with E-state index in [1.165, 1.54) is 13.8 Å². The number of Topliss-reactive ketones (excluding diaryl/α,β-unsaturated/α-hetero) is 1. The van der Waals surface area contributed by atoms with Crippen molar-refractivity contribution in [1.29, 1.82) is 0 Å². The largest absolute Gasteiger partial charge is 0.461 e. The van der Waals surface area contributed by atoms with Crippen molar-refractivity contribution in [2.45, 2.75) is 91.3 Å². The minimum Gasteiger partial charge on any atom is -0.461 e. The van der Waals surface area contributed by atoms with Crippen LogP contribution in [0.1, 0.15) is 60.8 Å². The molecule has 0 aromatic rings. The first-order chi connectivity index (χ1) is 14.7. The molecule has 0 amide bonds. The predicted molar refractivity (Wildman–Crippen MR) is 114 cm³/mol. The van der Waals surface area contributed by atoms with E-state index in [0.29, 0.717) is 16.7 Å². The van der Waals surface area contributed by atoms with Gasteiger partial charge in [-0.2, -0.15) is 0 Å². The molecule has 8 heteroatoms. The lowest BCUT2D eigenvalue weighted by Crippen LogP contribution is -2.56. The first kappa shape index (κ1) is 24.6. The standard InChI is InChI=1S/C24H34O8/c1-11-16(27)8-15-18(31-12(2)25)7-14-10-24(6,19(9-17(14)28)32-13(3)26)22(30)21(29)20(11)23(15,4)5/h7,15-19,21,27-29H,8-10H2,1-6H3/b14-7+/t15-,16-,17+,18-,19-,21+,24-/m0/s1. The highest BCUT2D eigenvalue weighted by Gasteiger charge is 2.56. The summed E-state index contributed by atoms with van der Waals surface area (Å²) in [6.45, 7) is 9.55. The monoisotopic (exact) mass is 450 g/mol. The highest BCUT2D eigenvalue weighted by molar-refractivity contribution is 5.93. The van der Waals surface area contributed by atoms with Crippen molar-refractivity contribution in [3.05, 3.63) is 22.8 Å². The van der Waals surface area contributed by atoms with E-state index >= 15 is 0 Å². The second-order valence-electron chi connectivity index (χ2n) is 10.2. The van der Waals surface area contributed by atoms with Gasteiger partial charge in [0.05, 0.1) is 17.6 Å². The van der Waals surface area contributed by atoms with E-state index in [1.807, 2.05) is 13.8 Å². The van der Waals surface area contributed by atoms with Gasteiger partial charge in [-0.3, -0.25) is 14.4 Å². The van der Waals surface area contributed by atoms with Crippen LogP contribution in [0.5, 0.6) is 0 Å². The van der Waals surface area contributed by atoms with Crippen LogP contribution >= 0.6 is 0 Å². The van der Waals surface area contributed by atoms with Crippen molar-refractivity contribution in [3.63, 3.8) is 0 Å². The number of ketones is 1. The van der Waals surface area contributed by atoms with Gasteiger partial charge in [0.25, 0.3) is 0 Å². The lowest BCUT2D eigenvalue weighted by Gasteiger charge is -2.50. The van der Waals surface area contributed by atoms with E-state index in [-0.39, 0.29) is 19.3 Å². The van der Waals surface area contributed by atoms with Gasteiger partial charge in [0.2, 0.25) is 0 Å². The van der Waals surface area contributed by atoms with Crippen molar-refractivity contribution in [2.24, 2.45) is 16.7 Å². The molecular weight excluding hydrogens is 416 g/mol. The average Bonchev–Trinajstić information content (AvgIpc) is 2.65. The van der Waals surface area contributed by atoms with Gasteiger partial charge in [0.15, 0.2) is 5.78 Å². The smallest absolute Gasteiger partial charge is 0.303 e. The number of rotatable bonds is 2. The van der Waals surface area contributed by atoms with Crippen LogP contribution in [0.25, 0.3) is 0 Å². The van der Waals surface area contributed by atoms with Crippen molar-refractivity contribution < 1.29 is 39.2 Å². The maximum Gasteiger partial charge on any atom is 0.303 e. The number of ether oxygens (including phenoxy) is 2. The molecule has 0 aliphatic heterocycles. The van der Waals surface area contributed by atoms with Crippen LogP contribution in [-0.4, -0.2) is 63.6 Å². The zero-order chi connectivity index (χ0) is 24.2. The molecule has 0 heterocycles. The van der Waals surface area contributed by atoms with Gasteiger partial charge in [-0.1, -0.05) is 13.8 Å². The summed E-state index contributed by atoms with van der Waals surface area (Å²) in [6.07, 6.45) is -3.21. The van der Waals surface area contributed by atoms with Gasteiger partial charge >= 0.3 is 11.9 Å². The van der Waals surface area contributed by atoms with Crippen molar-refractivity contribution in [1.82, 2.24) is 0 Å². The molecule has 3 N–H and O–H groups in total. The molecule has 32 heavy (non-hydrogen) atoms. The molecule has 4 bridgehead atoms. The van der Waals surface area contributed by atoms with Gasteiger partial charge in [-0.15, -0.1) is 0 Å². The van der Waals surface area contributed by atoms with Crippen LogP contribution < -0.4 is 0 Å². The molecule has 0 saturated heterocycles. The molecule has 3 aliphatic rings. The molecule has 178 valence electrons. The lowest BCUT2D eigenvalue weighted by molar-refractivity contribution is -0.166. The molecule has 0 radical (unpaired) electrons. The van der Waals surface area contributed by atoms with Crippen LogP contribution in [0.15, 0.2) is 22.8 Å². The Labute approximate surface area is 188 Å². The molecule has 0 spiro atoms. The molecule has 0 aromatic carbocycles. The summed E-state index contributed by atoms with van der Waals surface area (Å²) in [5.74, 6) is -2.05. The topological polar surface area (TPSA) is 130 Å². The summed E-state index contributed by atoms with van der Waals surface area (Å²) in [4.78, 5) is 37.4. The highest BCUT2D eigenvalue weighted by atomic mass is 16.5. The predicted octanol–water partition coefficient (Wildman–Crippen LogP) is 1.60. The number of carbonyl (C=O) groups excluding carboxylic acids is 3. The normalized spacial score (nSPS) is 40.8. The quantitative estimate of drug-likeness (QED) is 0.427. The number of carbonyl (C=O) groups is 3. The van der Waals surface area contributed by atoms with Crippen molar-refractivity contribution >= 4 is 17.7 Å². The van der Waals surface area contributed by atoms with E-state index < -0.39 is 65.0 Å². The van der Waals surface area contributed by atoms with E-state index in [1.54, 1.807) is 19.9 Å². The minimum absolute atomic E-state index is 0.0120. The Balaban J connectivity index is 2.27. The first-order valence-electron chi connectivity index (χ1n) is 11.0. The number of fused-ring (bicyclic) bond motifs is 4. The molecule has 7 atom stereocenters. The number of hydrogen-bond acceptors (Lipinski definition) is 8. The highest BCUT2D eigenvalue weighted by Crippen LogP contribution is 2.52. The Bertz CT molecular complexity index is 884. The fourth-order valence-electron chi connectivity index (χ4n) is 5.85. The SMILES string of the molecule is CC(=O)O[C@H]1/C=C2\C[C@](C)(C(=O)[C@H](O)C3=C(C)[C@@H](O)C[C@@H]1C3(C)C)[C@@H](OC(C)=O)C[C@H]2O. The molecular formula is C24H34O8. The summed E-state index contributed by atoms with van der Waals surface area (Å²) in [7, 11) is 0. The number of aliphatic hydroxyl groups excluding tert-OH is 3. The Morgan fingerprint density at radius 3 is 2.16 bits per heavy atom. The molecule has 3 rings (SSSR count). The Morgan fingerprint density at radius 1 is 1.00 bits per heavy atom. The lowest BCUT2D eigenvalue weighted by atomic mass is 9.57. The second-order valence-corrected chi connectivity index (χ2v) is 10.2. The second kappa shape index (κ2) is 8.39. The van der Waals surface area contributed by atoms with Gasteiger partial charge in [0.1, 0.15) is 18.3 Å².